The molecule has 0 saturated carbocycles. The van der Waals surface area contributed by atoms with E-state index in [4.69, 9.17) is 0 Å². The smallest absolute Gasteiger partial charge is 0.285 e. The van der Waals surface area contributed by atoms with Gasteiger partial charge in [-0.05, 0) is 37.6 Å². The quantitative estimate of drug-likeness (QED) is 0.814. The lowest BCUT2D eigenvalue weighted by Crippen LogP contribution is -2.35. The van der Waals surface area contributed by atoms with Gasteiger partial charge < -0.3 is 10.2 Å². The zero-order valence-electron chi connectivity index (χ0n) is 11.9. The zero-order valence-corrected chi connectivity index (χ0v) is 12.7. The first-order chi connectivity index (χ1) is 9.54. The van der Waals surface area contributed by atoms with Gasteiger partial charge in [-0.15, -0.1) is 4.40 Å². The van der Waals surface area contributed by atoms with Crippen LogP contribution < -0.4 is 10.2 Å². The molecule has 20 heavy (non-hydrogen) atoms. The first-order valence-corrected chi connectivity index (χ1v) is 8.35. The Hall–Kier alpha value is -1.40. The summed E-state index contributed by atoms with van der Waals surface area (Å²) in [6.45, 7) is 6.93. The molecule has 110 valence electrons. The van der Waals surface area contributed by atoms with Crippen molar-refractivity contribution >= 4 is 22.0 Å². The number of anilines is 1. The van der Waals surface area contributed by atoms with Gasteiger partial charge in [-0.25, -0.2) is 0 Å². The molecule has 0 radical (unpaired) electrons. The van der Waals surface area contributed by atoms with Gasteiger partial charge in [-0.3, -0.25) is 0 Å². The summed E-state index contributed by atoms with van der Waals surface area (Å²) in [5.74, 6) is 0.405. The Labute approximate surface area is 120 Å². The van der Waals surface area contributed by atoms with E-state index in [1.807, 2.05) is 17.0 Å². The second kappa shape index (κ2) is 6.37. The van der Waals surface area contributed by atoms with Crippen molar-refractivity contribution in [2.24, 2.45) is 10.3 Å². The maximum absolute atomic E-state index is 11.9. The molecule has 0 fully saturated rings. The monoisotopic (exact) mass is 295 g/mol. The Morgan fingerprint density at radius 3 is 2.85 bits per heavy atom. The molecule has 2 rings (SSSR count). The minimum atomic E-state index is -3.52. The molecular weight excluding hydrogens is 274 g/mol. The van der Waals surface area contributed by atoms with Crippen LogP contribution in [0.15, 0.2) is 33.6 Å². The number of hydrogen-bond acceptors (Lipinski definition) is 4. The molecule has 0 aliphatic carbocycles. The maximum Gasteiger partial charge on any atom is 0.285 e. The van der Waals surface area contributed by atoms with Gasteiger partial charge in [0.2, 0.25) is 0 Å². The Morgan fingerprint density at radius 2 is 2.10 bits per heavy atom. The Balaban J connectivity index is 2.11. The first kappa shape index (κ1) is 15.0. The standard InChI is InChI=1S/C14H21N3O2S/c1-3-8-15-9-12(2)10-17-11-16-20(18,19)14-7-5-4-6-13(14)17/h4-7,11-12,15H,3,8-10H2,1-2H3. The van der Waals surface area contributed by atoms with Crippen molar-refractivity contribution in [1.82, 2.24) is 5.32 Å². The van der Waals surface area contributed by atoms with Crippen LogP contribution in [-0.2, 0) is 10.0 Å². The van der Waals surface area contributed by atoms with E-state index in [0.29, 0.717) is 11.6 Å². The maximum atomic E-state index is 11.9. The van der Waals surface area contributed by atoms with Crippen LogP contribution in [0.1, 0.15) is 20.3 Å². The fraction of sp³-hybridized carbons (Fsp3) is 0.500. The summed E-state index contributed by atoms with van der Waals surface area (Å²) in [6, 6.07) is 7.00. The highest BCUT2D eigenvalue weighted by Gasteiger charge is 2.25. The molecule has 1 heterocycles. The van der Waals surface area contributed by atoms with E-state index in [9.17, 15) is 8.42 Å². The lowest BCUT2D eigenvalue weighted by atomic mass is 10.1. The molecule has 1 aromatic carbocycles. The number of rotatable bonds is 6. The molecule has 6 heteroatoms. The first-order valence-electron chi connectivity index (χ1n) is 6.91. The van der Waals surface area contributed by atoms with Gasteiger partial charge in [0, 0.05) is 6.54 Å². The normalized spacial score (nSPS) is 17.8. The van der Waals surface area contributed by atoms with Crippen molar-refractivity contribution in [2.45, 2.75) is 25.2 Å². The topological polar surface area (TPSA) is 61.8 Å². The Morgan fingerprint density at radius 1 is 1.35 bits per heavy atom. The summed E-state index contributed by atoms with van der Waals surface area (Å²) in [7, 11) is -3.52. The van der Waals surface area contributed by atoms with Gasteiger partial charge in [0.15, 0.2) is 0 Å². The van der Waals surface area contributed by atoms with E-state index >= 15 is 0 Å². The molecule has 5 nitrogen and oxygen atoms in total. The number of hydrogen-bond donors (Lipinski definition) is 1. The van der Waals surface area contributed by atoms with Crippen LogP contribution in [0.5, 0.6) is 0 Å². The highest BCUT2D eigenvalue weighted by atomic mass is 32.2. The lowest BCUT2D eigenvalue weighted by Gasteiger charge is -2.27. The molecule has 0 aromatic heterocycles. The molecule has 1 N–H and O–H groups in total. The molecule has 1 unspecified atom stereocenters. The predicted molar refractivity (Wildman–Crippen MR) is 81.8 cm³/mol. The minimum absolute atomic E-state index is 0.288. The Kier molecular flexibility index (Phi) is 4.77. The highest BCUT2D eigenvalue weighted by Crippen LogP contribution is 2.29. The summed E-state index contributed by atoms with van der Waals surface area (Å²) in [5.41, 5.74) is 0.713. The summed E-state index contributed by atoms with van der Waals surface area (Å²) >= 11 is 0. The molecule has 1 atom stereocenters. The van der Waals surface area contributed by atoms with Crippen LogP contribution in [0, 0.1) is 5.92 Å². The third-order valence-corrected chi connectivity index (χ3v) is 4.48. The van der Waals surface area contributed by atoms with Crippen LogP contribution in [-0.4, -0.2) is 34.4 Å². The number of sulfonamides is 1. The van der Waals surface area contributed by atoms with E-state index in [1.54, 1.807) is 12.1 Å². The molecule has 0 bridgehead atoms. The number of para-hydroxylation sites is 1. The molecule has 0 saturated heterocycles. The lowest BCUT2D eigenvalue weighted by molar-refractivity contribution is 0.520. The predicted octanol–water partition coefficient (Wildman–Crippen LogP) is 1.86. The van der Waals surface area contributed by atoms with Gasteiger partial charge in [0.25, 0.3) is 10.0 Å². The fourth-order valence-electron chi connectivity index (χ4n) is 2.22. The number of fused-ring (bicyclic) bond motifs is 1. The molecule has 1 aliphatic rings. The molecule has 1 aromatic rings. The van der Waals surface area contributed by atoms with Crippen molar-refractivity contribution < 1.29 is 8.42 Å². The van der Waals surface area contributed by atoms with E-state index in [0.717, 1.165) is 26.1 Å². The van der Waals surface area contributed by atoms with Crippen molar-refractivity contribution in [3.63, 3.8) is 0 Å². The van der Waals surface area contributed by atoms with Gasteiger partial charge >= 0.3 is 0 Å². The molecular formula is C14H21N3O2S. The van der Waals surface area contributed by atoms with E-state index in [2.05, 4.69) is 23.6 Å². The van der Waals surface area contributed by atoms with Crippen molar-refractivity contribution in [2.75, 3.05) is 24.5 Å². The van der Waals surface area contributed by atoms with Crippen LogP contribution in [0.25, 0.3) is 0 Å². The van der Waals surface area contributed by atoms with Crippen molar-refractivity contribution in [3.8, 4) is 0 Å². The molecule has 0 spiro atoms. The van der Waals surface area contributed by atoms with Gasteiger partial charge in [0.1, 0.15) is 11.2 Å². The van der Waals surface area contributed by atoms with Crippen LogP contribution in [0.3, 0.4) is 0 Å². The third kappa shape index (κ3) is 3.37. The summed E-state index contributed by atoms with van der Waals surface area (Å²) < 4.78 is 27.4. The second-order valence-electron chi connectivity index (χ2n) is 5.13. The minimum Gasteiger partial charge on any atom is -0.330 e. The average Bonchev–Trinajstić information content (AvgIpc) is 2.43. The zero-order chi connectivity index (χ0) is 14.6. The molecule has 0 amide bonds. The Bertz CT molecular complexity index is 584. The van der Waals surface area contributed by atoms with Crippen molar-refractivity contribution in [1.29, 1.82) is 0 Å². The molecule has 1 aliphatic heterocycles. The van der Waals surface area contributed by atoms with Gasteiger partial charge in [0.05, 0.1) is 5.69 Å². The van der Waals surface area contributed by atoms with E-state index in [1.165, 1.54) is 6.34 Å². The fourth-order valence-corrected chi connectivity index (χ4v) is 3.27. The number of benzene rings is 1. The van der Waals surface area contributed by atoms with E-state index < -0.39 is 10.0 Å². The van der Waals surface area contributed by atoms with Crippen LogP contribution in [0.2, 0.25) is 0 Å². The van der Waals surface area contributed by atoms with Crippen LogP contribution in [0.4, 0.5) is 5.69 Å². The SMILES string of the molecule is CCCNCC(C)CN1C=NS(=O)(=O)c2ccccc21. The number of nitrogens with one attached hydrogen (secondary N) is 1. The largest absolute Gasteiger partial charge is 0.330 e. The third-order valence-electron chi connectivity index (χ3n) is 3.21. The van der Waals surface area contributed by atoms with Crippen molar-refractivity contribution in [3.05, 3.63) is 24.3 Å². The van der Waals surface area contributed by atoms with E-state index in [-0.39, 0.29) is 4.90 Å². The summed E-state index contributed by atoms with van der Waals surface area (Å²) in [6.07, 6.45) is 2.53. The van der Waals surface area contributed by atoms with Gasteiger partial charge in [-0.1, -0.05) is 26.0 Å². The number of nitrogens with zero attached hydrogens (tertiary/aromatic N) is 2. The van der Waals surface area contributed by atoms with Crippen LogP contribution >= 0.6 is 0 Å². The second-order valence-corrected chi connectivity index (χ2v) is 6.73. The highest BCUT2D eigenvalue weighted by molar-refractivity contribution is 7.90. The van der Waals surface area contributed by atoms with Gasteiger partial charge in [-0.2, -0.15) is 8.42 Å². The summed E-state index contributed by atoms with van der Waals surface area (Å²) in [4.78, 5) is 2.20. The summed E-state index contributed by atoms with van der Waals surface area (Å²) in [5, 5.41) is 3.38. The average molecular weight is 295 g/mol.